The molecule has 0 bridgehead atoms. The van der Waals surface area contributed by atoms with E-state index in [0.29, 0.717) is 26.2 Å². The third-order valence-corrected chi connectivity index (χ3v) is 4.50. The van der Waals surface area contributed by atoms with Crippen molar-refractivity contribution in [2.75, 3.05) is 39.3 Å². The number of carbonyl (C=O) groups is 2. The summed E-state index contributed by atoms with van der Waals surface area (Å²) in [4.78, 5) is 27.9. The van der Waals surface area contributed by atoms with Gasteiger partial charge < -0.3 is 15.1 Å². The van der Waals surface area contributed by atoms with E-state index in [-0.39, 0.29) is 22.4 Å². The Bertz CT molecular complexity index is 578. The van der Waals surface area contributed by atoms with Crippen LogP contribution in [0.3, 0.4) is 0 Å². The second-order valence-corrected chi connectivity index (χ2v) is 5.98. The molecule has 2 aliphatic heterocycles. The molecule has 1 aromatic rings. The Kier molecular flexibility index (Phi) is 4.31. The van der Waals surface area contributed by atoms with Crippen LogP contribution in [-0.2, 0) is 4.79 Å². The molecule has 7 heteroatoms. The summed E-state index contributed by atoms with van der Waals surface area (Å²) >= 11 is 5.93. The number of amides is 2. The Labute approximate surface area is 133 Å². The van der Waals surface area contributed by atoms with Gasteiger partial charge in [0.1, 0.15) is 5.82 Å². The Morgan fingerprint density at radius 2 is 1.77 bits per heavy atom. The zero-order chi connectivity index (χ0) is 15.7. The zero-order valence-corrected chi connectivity index (χ0v) is 12.8. The van der Waals surface area contributed by atoms with Crippen LogP contribution < -0.4 is 5.32 Å². The maximum atomic E-state index is 13.8. The number of carbonyl (C=O) groups excluding carboxylic acids is 2. The summed E-state index contributed by atoms with van der Waals surface area (Å²) in [7, 11) is 0. The lowest BCUT2D eigenvalue weighted by atomic mass is 10.0. The van der Waals surface area contributed by atoms with Crippen molar-refractivity contribution in [1.29, 1.82) is 0 Å². The Morgan fingerprint density at radius 3 is 2.32 bits per heavy atom. The highest BCUT2D eigenvalue weighted by molar-refractivity contribution is 6.33. The van der Waals surface area contributed by atoms with Gasteiger partial charge in [0.15, 0.2) is 0 Å². The lowest BCUT2D eigenvalue weighted by molar-refractivity contribution is -0.138. The van der Waals surface area contributed by atoms with E-state index in [1.807, 2.05) is 0 Å². The number of nitrogens with one attached hydrogen (secondary N) is 1. The summed E-state index contributed by atoms with van der Waals surface area (Å²) < 4.78 is 13.8. The normalized spacial score (nSPS) is 19.0. The number of rotatable bonds is 2. The van der Waals surface area contributed by atoms with E-state index in [4.69, 9.17) is 11.6 Å². The molecule has 0 unspecified atom stereocenters. The van der Waals surface area contributed by atoms with Crippen molar-refractivity contribution in [1.82, 2.24) is 15.1 Å². The molecule has 0 saturated carbocycles. The van der Waals surface area contributed by atoms with Gasteiger partial charge in [-0.3, -0.25) is 9.59 Å². The first kappa shape index (κ1) is 15.2. The van der Waals surface area contributed by atoms with Gasteiger partial charge in [0.05, 0.1) is 16.5 Å². The van der Waals surface area contributed by atoms with Gasteiger partial charge >= 0.3 is 0 Å². The second kappa shape index (κ2) is 6.22. The number of benzene rings is 1. The molecule has 3 rings (SSSR count). The van der Waals surface area contributed by atoms with Gasteiger partial charge in [0, 0.05) is 39.3 Å². The van der Waals surface area contributed by atoms with Crippen LogP contribution in [0.5, 0.6) is 0 Å². The van der Waals surface area contributed by atoms with E-state index in [2.05, 4.69) is 5.32 Å². The van der Waals surface area contributed by atoms with E-state index in [1.165, 1.54) is 18.2 Å². The third-order valence-electron chi connectivity index (χ3n) is 4.19. The lowest BCUT2D eigenvalue weighted by Crippen LogP contribution is -2.57. The Balaban J connectivity index is 1.63. The molecule has 22 heavy (non-hydrogen) atoms. The largest absolute Gasteiger partial charge is 0.339 e. The van der Waals surface area contributed by atoms with Gasteiger partial charge in [-0.25, -0.2) is 4.39 Å². The molecular formula is C15H17ClFN3O2. The van der Waals surface area contributed by atoms with Crippen LogP contribution in [-0.4, -0.2) is 60.9 Å². The summed E-state index contributed by atoms with van der Waals surface area (Å²) in [5.41, 5.74) is -0.0906. The van der Waals surface area contributed by atoms with Crippen molar-refractivity contribution in [2.45, 2.75) is 0 Å². The smallest absolute Gasteiger partial charge is 0.258 e. The highest BCUT2D eigenvalue weighted by atomic mass is 35.5. The molecule has 1 N–H and O–H groups in total. The van der Waals surface area contributed by atoms with Crippen LogP contribution in [0.15, 0.2) is 18.2 Å². The van der Waals surface area contributed by atoms with Gasteiger partial charge in [-0.05, 0) is 12.1 Å². The quantitative estimate of drug-likeness (QED) is 0.882. The van der Waals surface area contributed by atoms with Crippen LogP contribution in [0.4, 0.5) is 4.39 Å². The number of hydrogen-bond donors (Lipinski definition) is 1. The molecule has 118 valence electrons. The van der Waals surface area contributed by atoms with E-state index >= 15 is 0 Å². The van der Waals surface area contributed by atoms with Crippen LogP contribution in [0.25, 0.3) is 0 Å². The van der Waals surface area contributed by atoms with Gasteiger partial charge in [-0.1, -0.05) is 17.7 Å². The van der Waals surface area contributed by atoms with E-state index < -0.39 is 11.7 Å². The van der Waals surface area contributed by atoms with Crippen LogP contribution in [0.2, 0.25) is 5.02 Å². The average molecular weight is 326 g/mol. The summed E-state index contributed by atoms with van der Waals surface area (Å²) in [6, 6.07) is 4.20. The van der Waals surface area contributed by atoms with Crippen molar-refractivity contribution >= 4 is 23.4 Å². The van der Waals surface area contributed by atoms with Crippen molar-refractivity contribution in [2.24, 2.45) is 5.92 Å². The Hall–Kier alpha value is -1.66. The predicted octanol–water partition coefficient (Wildman–Crippen LogP) is 0.983. The molecule has 2 heterocycles. The maximum Gasteiger partial charge on any atom is 0.258 e. The fraction of sp³-hybridized carbons (Fsp3) is 0.467. The average Bonchev–Trinajstić information content (AvgIpc) is 2.45. The molecule has 0 atom stereocenters. The lowest BCUT2D eigenvalue weighted by Gasteiger charge is -2.38. The first-order valence-electron chi connectivity index (χ1n) is 7.30. The van der Waals surface area contributed by atoms with Crippen molar-refractivity contribution in [3.63, 3.8) is 0 Å². The second-order valence-electron chi connectivity index (χ2n) is 5.57. The summed E-state index contributed by atoms with van der Waals surface area (Å²) in [5, 5.41) is 3.19. The molecule has 2 saturated heterocycles. The fourth-order valence-corrected chi connectivity index (χ4v) is 2.96. The molecule has 0 radical (unpaired) electrons. The van der Waals surface area contributed by atoms with E-state index in [1.54, 1.807) is 9.80 Å². The van der Waals surface area contributed by atoms with Crippen LogP contribution in [0.1, 0.15) is 10.4 Å². The molecule has 0 aromatic heterocycles. The monoisotopic (exact) mass is 325 g/mol. The third kappa shape index (κ3) is 2.80. The van der Waals surface area contributed by atoms with Crippen molar-refractivity contribution < 1.29 is 14.0 Å². The predicted molar refractivity (Wildman–Crippen MR) is 80.3 cm³/mol. The maximum absolute atomic E-state index is 13.8. The minimum absolute atomic E-state index is 0.0586. The topological polar surface area (TPSA) is 52.7 Å². The minimum atomic E-state index is -0.614. The van der Waals surface area contributed by atoms with Crippen LogP contribution >= 0.6 is 11.6 Å². The fourth-order valence-electron chi connectivity index (χ4n) is 2.71. The molecule has 2 fully saturated rings. The zero-order valence-electron chi connectivity index (χ0n) is 12.0. The van der Waals surface area contributed by atoms with E-state index in [0.717, 1.165) is 13.1 Å². The molecule has 2 aliphatic rings. The summed E-state index contributed by atoms with van der Waals surface area (Å²) in [5.74, 6) is -0.838. The first-order valence-corrected chi connectivity index (χ1v) is 7.68. The molecule has 2 amide bonds. The number of halogens is 2. The van der Waals surface area contributed by atoms with Crippen molar-refractivity contribution in [3.8, 4) is 0 Å². The van der Waals surface area contributed by atoms with Gasteiger partial charge in [-0.2, -0.15) is 0 Å². The van der Waals surface area contributed by atoms with Crippen molar-refractivity contribution in [3.05, 3.63) is 34.6 Å². The number of piperazine rings is 1. The SMILES string of the molecule is O=C(c1c(F)cccc1Cl)N1CCN(C(=O)C2CNC2)CC1. The molecule has 0 spiro atoms. The first-order chi connectivity index (χ1) is 10.6. The molecule has 1 aromatic carbocycles. The standard InChI is InChI=1S/C15H17ClFN3O2/c16-11-2-1-3-12(17)13(11)15(22)20-6-4-19(5-7-20)14(21)10-8-18-9-10/h1-3,10,18H,4-9H2. The molecule has 5 nitrogen and oxygen atoms in total. The Morgan fingerprint density at radius 1 is 1.14 bits per heavy atom. The molecular weight excluding hydrogens is 309 g/mol. The minimum Gasteiger partial charge on any atom is -0.339 e. The van der Waals surface area contributed by atoms with Gasteiger partial charge in [0.2, 0.25) is 5.91 Å². The summed E-state index contributed by atoms with van der Waals surface area (Å²) in [6.07, 6.45) is 0. The highest BCUT2D eigenvalue weighted by Crippen LogP contribution is 2.22. The number of hydrogen-bond acceptors (Lipinski definition) is 3. The van der Waals surface area contributed by atoms with Crippen LogP contribution in [0, 0.1) is 11.7 Å². The highest BCUT2D eigenvalue weighted by Gasteiger charge is 2.32. The van der Waals surface area contributed by atoms with Gasteiger partial charge in [-0.15, -0.1) is 0 Å². The molecule has 0 aliphatic carbocycles. The van der Waals surface area contributed by atoms with Gasteiger partial charge in [0.25, 0.3) is 5.91 Å². The van der Waals surface area contributed by atoms with E-state index in [9.17, 15) is 14.0 Å². The summed E-state index contributed by atoms with van der Waals surface area (Å²) in [6.45, 7) is 3.21. The number of nitrogens with zero attached hydrogens (tertiary/aromatic N) is 2.